The summed E-state index contributed by atoms with van der Waals surface area (Å²) in [5.74, 6) is -0.0663. The van der Waals surface area contributed by atoms with Crippen molar-refractivity contribution in [1.82, 2.24) is 14.9 Å². The van der Waals surface area contributed by atoms with Crippen molar-refractivity contribution in [3.8, 4) is 0 Å². The molecule has 1 amide bonds. The molecule has 0 saturated heterocycles. The Labute approximate surface area is 115 Å². The molecule has 0 radical (unpaired) electrons. The Morgan fingerprint density at radius 2 is 2.11 bits per heavy atom. The molecule has 1 heterocycles. The molecule has 100 valence electrons. The zero-order chi connectivity index (χ0) is 14.0. The Hall–Kier alpha value is -1.95. The van der Waals surface area contributed by atoms with Crippen molar-refractivity contribution in [2.45, 2.75) is 13.3 Å². The molecule has 0 aliphatic carbocycles. The van der Waals surface area contributed by atoms with E-state index in [9.17, 15) is 9.59 Å². The van der Waals surface area contributed by atoms with Crippen molar-refractivity contribution in [3.05, 3.63) is 38.9 Å². The van der Waals surface area contributed by atoms with Gasteiger partial charge in [-0.3, -0.25) is 14.6 Å². The second-order valence-corrected chi connectivity index (χ2v) is 4.80. The highest BCUT2D eigenvalue weighted by Crippen LogP contribution is 2.11. The molecule has 2 N–H and O–H groups in total. The number of nitrogens with one attached hydrogen (secondary N) is 2. The van der Waals surface area contributed by atoms with Crippen LogP contribution in [0.5, 0.6) is 0 Å². The summed E-state index contributed by atoms with van der Waals surface area (Å²) in [4.78, 5) is 30.9. The molecule has 2 rings (SSSR count). The fourth-order valence-electron chi connectivity index (χ4n) is 1.96. The van der Waals surface area contributed by atoms with Crippen LogP contribution in [0.4, 0.5) is 0 Å². The SMILES string of the molecule is CCCN(C)C(=O)c1ccc2c(=O)[nH]c(=S)[nH]c2c1. The number of aromatic amines is 2. The van der Waals surface area contributed by atoms with Gasteiger partial charge in [0.2, 0.25) is 0 Å². The topological polar surface area (TPSA) is 69.0 Å². The summed E-state index contributed by atoms with van der Waals surface area (Å²) in [7, 11) is 1.76. The number of amides is 1. The van der Waals surface area contributed by atoms with E-state index in [1.807, 2.05) is 6.92 Å². The predicted molar refractivity (Wildman–Crippen MR) is 77.0 cm³/mol. The lowest BCUT2D eigenvalue weighted by molar-refractivity contribution is 0.0795. The fraction of sp³-hybridized carbons (Fsp3) is 0.308. The van der Waals surface area contributed by atoms with Crippen LogP contribution in [0.15, 0.2) is 23.0 Å². The number of H-pyrrole nitrogens is 2. The number of hydrogen-bond acceptors (Lipinski definition) is 3. The van der Waals surface area contributed by atoms with Gasteiger partial charge >= 0.3 is 0 Å². The molecule has 0 saturated carbocycles. The molecule has 0 fully saturated rings. The van der Waals surface area contributed by atoms with E-state index in [1.54, 1.807) is 30.1 Å². The Kier molecular flexibility index (Phi) is 3.80. The summed E-state index contributed by atoms with van der Waals surface area (Å²) < 4.78 is 0.254. The predicted octanol–water partition coefficient (Wildman–Crippen LogP) is 2.07. The van der Waals surface area contributed by atoms with E-state index in [4.69, 9.17) is 12.2 Å². The van der Waals surface area contributed by atoms with Gasteiger partial charge in [0.25, 0.3) is 11.5 Å². The monoisotopic (exact) mass is 277 g/mol. The number of benzene rings is 1. The molecule has 5 nitrogen and oxygen atoms in total. The van der Waals surface area contributed by atoms with Gasteiger partial charge in [-0.05, 0) is 36.8 Å². The summed E-state index contributed by atoms with van der Waals surface area (Å²) >= 11 is 4.92. The summed E-state index contributed by atoms with van der Waals surface area (Å²) in [5, 5.41) is 0.489. The van der Waals surface area contributed by atoms with Crippen LogP contribution in [0.2, 0.25) is 0 Å². The summed E-state index contributed by atoms with van der Waals surface area (Å²) in [6.07, 6.45) is 0.901. The molecule has 1 aromatic heterocycles. The molecule has 0 unspecified atom stereocenters. The van der Waals surface area contributed by atoms with Crippen molar-refractivity contribution >= 4 is 29.0 Å². The number of fused-ring (bicyclic) bond motifs is 1. The third-order valence-electron chi connectivity index (χ3n) is 2.89. The van der Waals surface area contributed by atoms with Crippen molar-refractivity contribution in [2.75, 3.05) is 13.6 Å². The summed E-state index contributed by atoms with van der Waals surface area (Å²) in [5.41, 5.74) is 0.865. The Morgan fingerprint density at radius 3 is 2.79 bits per heavy atom. The molecule has 19 heavy (non-hydrogen) atoms. The van der Waals surface area contributed by atoms with Gasteiger partial charge in [-0.2, -0.15) is 0 Å². The number of nitrogens with zero attached hydrogens (tertiary/aromatic N) is 1. The molecule has 0 aliphatic rings. The maximum absolute atomic E-state index is 12.1. The maximum atomic E-state index is 12.1. The van der Waals surface area contributed by atoms with Crippen molar-refractivity contribution < 1.29 is 4.79 Å². The highest BCUT2D eigenvalue weighted by molar-refractivity contribution is 7.71. The number of rotatable bonds is 3. The van der Waals surface area contributed by atoms with Gasteiger partial charge < -0.3 is 9.88 Å². The van der Waals surface area contributed by atoms with Gasteiger partial charge in [0.1, 0.15) is 0 Å². The first-order valence-electron chi connectivity index (χ1n) is 6.04. The van der Waals surface area contributed by atoms with Crippen LogP contribution >= 0.6 is 12.2 Å². The maximum Gasteiger partial charge on any atom is 0.259 e. The fourth-order valence-corrected chi connectivity index (χ4v) is 2.16. The Balaban J connectivity index is 2.50. The number of aromatic nitrogens is 2. The molecular formula is C13H15N3O2S. The van der Waals surface area contributed by atoms with E-state index in [2.05, 4.69) is 9.97 Å². The lowest BCUT2D eigenvalue weighted by atomic mass is 10.1. The largest absolute Gasteiger partial charge is 0.342 e. The van der Waals surface area contributed by atoms with Crippen molar-refractivity contribution in [1.29, 1.82) is 0 Å². The normalized spacial score (nSPS) is 10.6. The summed E-state index contributed by atoms with van der Waals surface area (Å²) in [6, 6.07) is 4.95. The first kappa shape index (κ1) is 13.5. The molecule has 0 atom stereocenters. The van der Waals surface area contributed by atoms with E-state index in [0.717, 1.165) is 6.42 Å². The minimum absolute atomic E-state index is 0.0663. The Bertz CT molecular complexity index is 732. The highest BCUT2D eigenvalue weighted by Gasteiger charge is 2.12. The van der Waals surface area contributed by atoms with Crippen LogP contribution in [-0.4, -0.2) is 34.4 Å². The minimum atomic E-state index is -0.250. The smallest absolute Gasteiger partial charge is 0.259 e. The van der Waals surface area contributed by atoms with E-state index in [1.165, 1.54) is 0 Å². The van der Waals surface area contributed by atoms with E-state index in [-0.39, 0.29) is 16.2 Å². The number of carbonyl (C=O) groups excluding carboxylic acids is 1. The Morgan fingerprint density at radius 1 is 1.37 bits per heavy atom. The lowest BCUT2D eigenvalue weighted by Crippen LogP contribution is -2.27. The van der Waals surface area contributed by atoms with Crippen molar-refractivity contribution in [3.63, 3.8) is 0 Å². The van der Waals surface area contributed by atoms with Crippen molar-refractivity contribution in [2.24, 2.45) is 0 Å². The first-order chi connectivity index (χ1) is 9.02. The third kappa shape index (κ3) is 2.73. The van der Waals surface area contributed by atoms with E-state index in [0.29, 0.717) is 23.0 Å². The standard InChI is InChI=1S/C13H15N3O2S/c1-3-6-16(2)12(18)8-4-5-9-10(7-8)14-13(19)15-11(9)17/h4-5,7H,3,6H2,1-2H3,(H2,14,15,17,19). The van der Waals surface area contributed by atoms with Gasteiger partial charge in [0.05, 0.1) is 10.9 Å². The highest BCUT2D eigenvalue weighted by atomic mass is 32.1. The van der Waals surface area contributed by atoms with Crippen LogP contribution in [0.1, 0.15) is 23.7 Å². The van der Waals surface area contributed by atoms with Gasteiger partial charge in [-0.25, -0.2) is 0 Å². The summed E-state index contributed by atoms with van der Waals surface area (Å²) in [6.45, 7) is 2.71. The molecular weight excluding hydrogens is 262 g/mol. The first-order valence-corrected chi connectivity index (χ1v) is 6.45. The third-order valence-corrected chi connectivity index (χ3v) is 3.10. The van der Waals surface area contributed by atoms with Gasteiger partial charge in [-0.15, -0.1) is 0 Å². The quantitative estimate of drug-likeness (QED) is 0.844. The van der Waals surface area contributed by atoms with Crippen LogP contribution in [0, 0.1) is 4.77 Å². The van der Waals surface area contributed by atoms with Crippen LogP contribution < -0.4 is 5.56 Å². The van der Waals surface area contributed by atoms with Crippen LogP contribution in [0.3, 0.4) is 0 Å². The van der Waals surface area contributed by atoms with Gasteiger partial charge in [-0.1, -0.05) is 6.92 Å². The zero-order valence-electron chi connectivity index (χ0n) is 10.8. The average Bonchev–Trinajstić information content (AvgIpc) is 2.37. The lowest BCUT2D eigenvalue weighted by Gasteiger charge is -2.16. The molecule has 0 bridgehead atoms. The van der Waals surface area contributed by atoms with Gasteiger partial charge in [0.15, 0.2) is 4.77 Å². The molecule has 6 heteroatoms. The average molecular weight is 277 g/mol. The molecule has 2 aromatic rings. The van der Waals surface area contributed by atoms with Gasteiger partial charge in [0, 0.05) is 19.2 Å². The van der Waals surface area contributed by atoms with E-state index >= 15 is 0 Å². The van der Waals surface area contributed by atoms with Crippen LogP contribution in [0.25, 0.3) is 10.9 Å². The molecule has 0 aliphatic heterocycles. The minimum Gasteiger partial charge on any atom is -0.342 e. The number of carbonyl (C=O) groups is 1. The zero-order valence-corrected chi connectivity index (χ0v) is 11.6. The van der Waals surface area contributed by atoms with E-state index < -0.39 is 0 Å². The molecule has 0 spiro atoms. The number of hydrogen-bond donors (Lipinski definition) is 2. The molecule has 1 aromatic carbocycles. The van der Waals surface area contributed by atoms with Crippen LogP contribution in [-0.2, 0) is 0 Å². The second kappa shape index (κ2) is 5.36. The second-order valence-electron chi connectivity index (χ2n) is 4.40.